The number of hydrogen-bond acceptors (Lipinski definition) is 10. The van der Waals surface area contributed by atoms with Gasteiger partial charge in [0, 0.05) is 0 Å². The molecule has 4 atom stereocenters. The maximum Gasteiger partial charge on any atom is 0.319 e. The standard InChI is InChI=1S/C17H20O10/c1-24-12(20)8-5-16(14(22)26-3)7-17(10(8)18,15(23)27-4)6-9(11(16)19)13(21)25-2/h8-9H,5-7H2,1-4H3/t8-,9+,16+,17-. The first kappa shape index (κ1) is 20.5. The van der Waals surface area contributed by atoms with Crippen LogP contribution in [0.2, 0.25) is 0 Å². The lowest BCUT2D eigenvalue weighted by Gasteiger charge is -2.50. The zero-order valence-electron chi connectivity index (χ0n) is 15.4. The number of Topliss-reactive ketones (excluding diaryl/α,β-unsaturated/α-hetero) is 2. The van der Waals surface area contributed by atoms with Crippen molar-refractivity contribution in [2.75, 3.05) is 28.4 Å². The predicted molar refractivity (Wildman–Crippen MR) is 83.8 cm³/mol. The fourth-order valence-corrected chi connectivity index (χ4v) is 4.15. The van der Waals surface area contributed by atoms with E-state index in [4.69, 9.17) is 9.47 Å². The smallest absolute Gasteiger partial charge is 0.319 e. The Hall–Kier alpha value is -2.78. The Labute approximate surface area is 154 Å². The molecule has 0 spiro atoms. The molecule has 0 radical (unpaired) electrons. The first-order valence-electron chi connectivity index (χ1n) is 8.06. The maximum atomic E-state index is 13.1. The molecular formula is C17H20O10. The van der Waals surface area contributed by atoms with Crippen LogP contribution in [0.5, 0.6) is 0 Å². The average Bonchev–Trinajstić information content (AvgIpc) is 2.69. The number of ketones is 2. The molecule has 0 unspecified atom stereocenters. The third-order valence-corrected chi connectivity index (χ3v) is 5.41. The fraction of sp³-hybridized carbons (Fsp3) is 0.647. The van der Waals surface area contributed by atoms with Gasteiger partial charge in [0.2, 0.25) is 0 Å². The maximum absolute atomic E-state index is 13.1. The van der Waals surface area contributed by atoms with E-state index in [-0.39, 0.29) is 0 Å². The molecule has 10 nitrogen and oxygen atoms in total. The van der Waals surface area contributed by atoms with Gasteiger partial charge in [-0.1, -0.05) is 0 Å². The first-order valence-corrected chi connectivity index (χ1v) is 8.06. The van der Waals surface area contributed by atoms with Crippen molar-refractivity contribution >= 4 is 35.4 Å². The first-order chi connectivity index (χ1) is 12.6. The fourth-order valence-electron chi connectivity index (χ4n) is 4.15. The Balaban J connectivity index is 2.75. The number of carbonyl (C=O) groups is 6. The SMILES string of the molecule is COC(=O)[C@H]1C[C@@]2(C(=O)OC)C[C@@](C(=O)OC)(C[C@@H](C(=O)OC)C2=O)C1=O. The summed E-state index contributed by atoms with van der Waals surface area (Å²) in [6.07, 6.45) is -1.66. The second-order valence-electron chi connectivity index (χ2n) is 6.61. The summed E-state index contributed by atoms with van der Waals surface area (Å²) in [5.41, 5.74) is -4.10. The normalized spacial score (nSPS) is 32.3. The van der Waals surface area contributed by atoms with Gasteiger partial charge in [-0.2, -0.15) is 0 Å². The van der Waals surface area contributed by atoms with E-state index < -0.39 is 77.4 Å². The summed E-state index contributed by atoms with van der Waals surface area (Å²) in [6, 6.07) is 0. The van der Waals surface area contributed by atoms with Crippen LogP contribution >= 0.6 is 0 Å². The topological polar surface area (TPSA) is 139 Å². The summed E-state index contributed by atoms with van der Waals surface area (Å²) >= 11 is 0. The van der Waals surface area contributed by atoms with Gasteiger partial charge in [0.15, 0.2) is 11.6 Å². The zero-order chi connectivity index (χ0) is 20.6. The van der Waals surface area contributed by atoms with Gasteiger partial charge in [-0.05, 0) is 19.3 Å². The van der Waals surface area contributed by atoms with Crippen LogP contribution in [-0.2, 0) is 47.7 Å². The van der Waals surface area contributed by atoms with Gasteiger partial charge >= 0.3 is 23.9 Å². The van der Waals surface area contributed by atoms with Crippen LogP contribution in [0, 0.1) is 22.7 Å². The number of fused-ring (bicyclic) bond motifs is 2. The van der Waals surface area contributed by atoms with Gasteiger partial charge < -0.3 is 18.9 Å². The molecule has 0 saturated heterocycles. The summed E-state index contributed by atoms with van der Waals surface area (Å²) in [5.74, 6) is -8.90. The van der Waals surface area contributed by atoms with E-state index in [2.05, 4.69) is 9.47 Å². The van der Waals surface area contributed by atoms with E-state index in [1.54, 1.807) is 0 Å². The minimum Gasteiger partial charge on any atom is -0.468 e. The van der Waals surface area contributed by atoms with Crippen LogP contribution in [-0.4, -0.2) is 63.9 Å². The average molecular weight is 384 g/mol. The van der Waals surface area contributed by atoms with E-state index in [1.165, 1.54) is 0 Å². The van der Waals surface area contributed by atoms with Crippen molar-refractivity contribution in [2.45, 2.75) is 19.3 Å². The highest BCUT2D eigenvalue weighted by atomic mass is 16.5. The molecule has 0 N–H and O–H groups in total. The van der Waals surface area contributed by atoms with Gasteiger partial charge in [0.1, 0.15) is 22.7 Å². The lowest BCUT2D eigenvalue weighted by Crippen LogP contribution is -2.65. The third-order valence-electron chi connectivity index (χ3n) is 5.41. The number of methoxy groups -OCH3 is 4. The van der Waals surface area contributed by atoms with E-state index in [0.717, 1.165) is 28.4 Å². The van der Waals surface area contributed by atoms with E-state index >= 15 is 0 Å². The van der Waals surface area contributed by atoms with Crippen LogP contribution in [0.15, 0.2) is 0 Å². The van der Waals surface area contributed by atoms with E-state index in [0.29, 0.717) is 0 Å². The van der Waals surface area contributed by atoms with E-state index in [1.807, 2.05) is 0 Å². The monoisotopic (exact) mass is 384 g/mol. The zero-order valence-corrected chi connectivity index (χ0v) is 15.4. The Kier molecular flexibility index (Phi) is 5.39. The Morgan fingerprint density at radius 3 is 1.30 bits per heavy atom. The quantitative estimate of drug-likeness (QED) is 0.344. The molecule has 27 heavy (non-hydrogen) atoms. The molecule has 2 fully saturated rings. The molecule has 2 aliphatic rings. The minimum absolute atomic E-state index is 0.544. The van der Waals surface area contributed by atoms with Crippen molar-refractivity contribution in [1.82, 2.24) is 0 Å². The second kappa shape index (κ2) is 7.09. The van der Waals surface area contributed by atoms with Gasteiger partial charge in [0.25, 0.3) is 0 Å². The largest absolute Gasteiger partial charge is 0.468 e. The molecule has 0 aromatic rings. The summed E-state index contributed by atoms with van der Waals surface area (Å²) in [7, 11) is 4.12. The number of esters is 4. The van der Waals surface area contributed by atoms with Crippen LogP contribution in [0.1, 0.15) is 19.3 Å². The molecule has 0 heterocycles. The van der Waals surface area contributed by atoms with Crippen molar-refractivity contribution in [3.05, 3.63) is 0 Å². The molecule has 2 bridgehead atoms. The highest BCUT2D eigenvalue weighted by molar-refractivity contribution is 6.21. The van der Waals surface area contributed by atoms with Gasteiger partial charge in [-0.15, -0.1) is 0 Å². The summed E-state index contributed by atoms with van der Waals surface area (Å²) in [4.78, 5) is 75.5. The Bertz CT molecular complexity index is 665. The van der Waals surface area contributed by atoms with Gasteiger partial charge in [-0.3, -0.25) is 28.8 Å². The third kappa shape index (κ3) is 2.79. The summed E-state index contributed by atoms with van der Waals surface area (Å²) in [6.45, 7) is 0. The number of carbonyl (C=O) groups excluding carboxylic acids is 6. The Morgan fingerprint density at radius 2 is 1.04 bits per heavy atom. The van der Waals surface area contributed by atoms with Gasteiger partial charge in [0.05, 0.1) is 28.4 Å². The number of rotatable bonds is 4. The van der Waals surface area contributed by atoms with Crippen LogP contribution < -0.4 is 0 Å². The molecule has 148 valence electrons. The van der Waals surface area contributed by atoms with Crippen LogP contribution in [0.3, 0.4) is 0 Å². The van der Waals surface area contributed by atoms with Crippen molar-refractivity contribution in [2.24, 2.45) is 22.7 Å². The molecule has 2 aliphatic carbocycles. The lowest BCUT2D eigenvalue weighted by atomic mass is 9.48. The van der Waals surface area contributed by atoms with Crippen molar-refractivity contribution in [3.8, 4) is 0 Å². The lowest BCUT2D eigenvalue weighted by molar-refractivity contribution is -0.188. The molecule has 2 rings (SSSR count). The molecule has 10 heteroatoms. The van der Waals surface area contributed by atoms with Crippen molar-refractivity contribution in [3.63, 3.8) is 0 Å². The van der Waals surface area contributed by atoms with Crippen molar-refractivity contribution in [1.29, 1.82) is 0 Å². The molecule has 0 amide bonds. The minimum atomic E-state index is -2.05. The summed E-state index contributed by atoms with van der Waals surface area (Å²) < 4.78 is 18.7. The second-order valence-corrected chi connectivity index (χ2v) is 6.61. The molecule has 0 aliphatic heterocycles. The molecular weight excluding hydrogens is 364 g/mol. The molecule has 2 saturated carbocycles. The summed E-state index contributed by atoms with van der Waals surface area (Å²) in [5, 5.41) is 0. The predicted octanol–water partition coefficient (Wildman–Crippen LogP) is -0.781. The number of ether oxygens (including phenoxy) is 4. The molecule has 0 aromatic heterocycles. The number of hydrogen-bond donors (Lipinski definition) is 0. The highest BCUT2D eigenvalue weighted by Crippen LogP contribution is 2.57. The van der Waals surface area contributed by atoms with Gasteiger partial charge in [-0.25, -0.2) is 0 Å². The van der Waals surface area contributed by atoms with E-state index in [9.17, 15) is 28.8 Å². The molecule has 0 aromatic carbocycles. The van der Waals surface area contributed by atoms with Crippen molar-refractivity contribution < 1.29 is 47.7 Å². The van der Waals surface area contributed by atoms with Crippen LogP contribution in [0.4, 0.5) is 0 Å². The Morgan fingerprint density at radius 1 is 0.704 bits per heavy atom. The van der Waals surface area contributed by atoms with Crippen LogP contribution in [0.25, 0.3) is 0 Å². The highest BCUT2D eigenvalue weighted by Gasteiger charge is 2.71.